The van der Waals surface area contributed by atoms with E-state index in [-0.39, 0.29) is 5.69 Å². The van der Waals surface area contributed by atoms with Crippen LogP contribution in [0.15, 0.2) is 47.5 Å². The monoisotopic (exact) mass is 306 g/mol. The van der Waals surface area contributed by atoms with Gasteiger partial charge in [0.2, 0.25) is 0 Å². The van der Waals surface area contributed by atoms with Crippen LogP contribution in [0.3, 0.4) is 0 Å². The van der Waals surface area contributed by atoms with Gasteiger partial charge in [-0.3, -0.25) is 4.68 Å². The molecule has 2 aromatic rings. The van der Waals surface area contributed by atoms with E-state index in [0.29, 0.717) is 6.54 Å². The fourth-order valence-corrected chi connectivity index (χ4v) is 1.90. The summed E-state index contributed by atoms with van der Waals surface area (Å²) in [7, 11) is 0. The Morgan fingerprint density at radius 2 is 2.11 bits per heavy atom. The molecule has 92 valence electrons. The predicted octanol–water partition coefficient (Wildman–Crippen LogP) is 3.20. The number of carboxylic acid groups (broad SMARTS) is 1. The van der Waals surface area contributed by atoms with E-state index in [4.69, 9.17) is 5.11 Å². The minimum absolute atomic E-state index is 0.0368. The number of halogens is 1. The molecule has 0 spiro atoms. The van der Waals surface area contributed by atoms with Gasteiger partial charge in [-0.1, -0.05) is 34.1 Å². The quantitative estimate of drug-likeness (QED) is 0.883. The van der Waals surface area contributed by atoms with Crippen molar-refractivity contribution in [3.63, 3.8) is 0 Å². The average molecular weight is 307 g/mol. The van der Waals surface area contributed by atoms with Crippen molar-refractivity contribution in [3.8, 4) is 11.3 Å². The number of allylic oxidation sites excluding steroid dienone is 1. The van der Waals surface area contributed by atoms with Crippen LogP contribution in [-0.2, 0) is 6.54 Å². The van der Waals surface area contributed by atoms with E-state index in [2.05, 4.69) is 27.6 Å². The lowest BCUT2D eigenvalue weighted by Crippen LogP contribution is -2.02. The first-order valence-corrected chi connectivity index (χ1v) is 6.09. The molecule has 0 unspecified atom stereocenters. The zero-order valence-electron chi connectivity index (χ0n) is 9.51. The highest BCUT2D eigenvalue weighted by Gasteiger charge is 2.13. The summed E-state index contributed by atoms with van der Waals surface area (Å²) < 4.78 is 2.60. The topological polar surface area (TPSA) is 55.1 Å². The molecule has 0 aliphatic carbocycles. The Balaban J connectivity index is 2.50. The normalized spacial score (nSPS) is 10.3. The van der Waals surface area contributed by atoms with Crippen LogP contribution in [0.4, 0.5) is 0 Å². The van der Waals surface area contributed by atoms with Crippen molar-refractivity contribution in [2.75, 3.05) is 0 Å². The molecule has 18 heavy (non-hydrogen) atoms. The number of aromatic nitrogens is 2. The summed E-state index contributed by atoms with van der Waals surface area (Å²) in [6.45, 7) is 4.11. The Labute approximate surface area is 113 Å². The van der Waals surface area contributed by atoms with Crippen LogP contribution in [0.5, 0.6) is 0 Å². The highest BCUT2D eigenvalue weighted by molar-refractivity contribution is 9.10. The van der Waals surface area contributed by atoms with Crippen LogP contribution < -0.4 is 0 Å². The molecule has 2 rings (SSSR count). The standard InChI is InChI=1S/C13H11BrN2O2/c1-2-7-16-12(8-11(15-16)13(17)18)9-3-5-10(14)6-4-9/h2-6,8H,1,7H2,(H,17,18). The zero-order valence-corrected chi connectivity index (χ0v) is 11.1. The number of hydrogen-bond acceptors (Lipinski definition) is 2. The molecule has 4 nitrogen and oxygen atoms in total. The second-order valence-electron chi connectivity index (χ2n) is 3.70. The van der Waals surface area contributed by atoms with Gasteiger partial charge in [-0.05, 0) is 23.8 Å². The van der Waals surface area contributed by atoms with Gasteiger partial charge in [-0.25, -0.2) is 4.79 Å². The van der Waals surface area contributed by atoms with E-state index in [9.17, 15) is 4.79 Å². The molecule has 0 radical (unpaired) electrons. The Bertz CT molecular complexity index is 588. The van der Waals surface area contributed by atoms with Gasteiger partial charge >= 0.3 is 5.97 Å². The number of benzene rings is 1. The van der Waals surface area contributed by atoms with Gasteiger partial charge in [0.1, 0.15) is 0 Å². The van der Waals surface area contributed by atoms with Crippen LogP contribution in [0.2, 0.25) is 0 Å². The van der Waals surface area contributed by atoms with Crippen molar-refractivity contribution in [1.82, 2.24) is 9.78 Å². The van der Waals surface area contributed by atoms with Crippen molar-refractivity contribution < 1.29 is 9.90 Å². The van der Waals surface area contributed by atoms with Crippen molar-refractivity contribution in [2.45, 2.75) is 6.54 Å². The van der Waals surface area contributed by atoms with E-state index in [1.54, 1.807) is 16.8 Å². The molecule has 1 N–H and O–H groups in total. The SMILES string of the molecule is C=CCn1nc(C(=O)O)cc1-c1ccc(Br)cc1. The summed E-state index contributed by atoms with van der Waals surface area (Å²) in [6.07, 6.45) is 1.68. The second kappa shape index (κ2) is 5.18. The van der Waals surface area contributed by atoms with E-state index in [0.717, 1.165) is 15.7 Å². The summed E-state index contributed by atoms with van der Waals surface area (Å²) in [6, 6.07) is 9.19. The second-order valence-corrected chi connectivity index (χ2v) is 4.61. The van der Waals surface area contributed by atoms with Crippen LogP contribution in [0.25, 0.3) is 11.3 Å². The molecular weight excluding hydrogens is 296 g/mol. The molecule has 0 bridgehead atoms. The maximum Gasteiger partial charge on any atom is 0.356 e. The van der Waals surface area contributed by atoms with Crippen LogP contribution in [-0.4, -0.2) is 20.9 Å². The first-order chi connectivity index (χ1) is 8.61. The molecule has 5 heteroatoms. The van der Waals surface area contributed by atoms with Crippen LogP contribution in [0, 0.1) is 0 Å². The predicted molar refractivity (Wildman–Crippen MR) is 72.5 cm³/mol. The maximum atomic E-state index is 10.9. The van der Waals surface area contributed by atoms with Crippen molar-refractivity contribution >= 4 is 21.9 Å². The molecule has 0 saturated carbocycles. The summed E-state index contributed by atoms with van der Waals surface area (Å²) in [5.41, 5.74) is 1.72. The number of nitrogens with zero attached hydrogens (tertiary/aromatic N) is 2. The van der Waals surface area contributed by atoms with Gasteiger partial charge in [-0.2, -0.15) is 5.10 Å². The van der Waals surface area contributed by atoms with Crippen molar-refractivity contribution in [2.24, 2.45) is 0 Å². The number of carbonyl (C=O) groups is 1. The molecule has 1 heterocycles. The van der Waals surface area contributed by atoms with Crippen LogP contribution in [0.1, 0.15) is 10.5 Å². The third-order valence-corrected chi connectivity index (χ3v) is 2.97. The van der Waals surface area contributed by atoms with Gasteiger partial charge in [0.05, 0.1) is 12.2 Å². The molecule has 1 aromatic heterocycles. The first-order valence-electron chi connectivity index (χ1n) is 5.30. The highest BCUT2D eigenvalue weighted by Crippen LogP contribution is 2.23. The molecule has 0 saturated heterocycles. The summed E-state index contributed by atoms with van der Waals surface area (Å²) in [5.74, 6) is -1.03. The third-order valence-electron chi connectivity index (χ3n) is 2.44. The summed E-state index contributed by atoms with van der Waals surface area (Å²) in [4.78, 5) is 10.9. The average Bonchev–Trinajstić information content (AvgIpc) is 2.75. The van der Waals surface area contributed by atoms with E-state index < -0.39 is 5.97 Å². The molecule has 0 atom stereocenters. The molecule has 0 aliphatic heterocycles. The van der Waals surface area contributed by atoms with Crippen molar-refractivity contribution in [3.05, 3.63) is 53.2 Å². The molecule has 0 amide bonds. The third kappa shape index (κ3) is 2.51. The number of aromatic carboxylic acids is 1. The lowest BCUT2D eigenvalue weighted by molar-refractivity contribution is 0.0689. The van der Waals surface area contributed by atoms with Gasteiger partial charge in [0.25, 0.3) is 0 Å². The fourth-order valence-electron chi connectivity index (χ4n) is 1.64. The van der Waals surface area contributed by atoms with E-state index >= 15 is 0 Å². The van der Waals surface area contributed by atoms with Gasteiger partial charge in [0, 0.05) is 4.47 Å². The summed E-state index contributed by atoms with van der Waals surface area (Å²) >= 11 is 3.36. The number of carboxylic acids is 1. The van der Waals surface area contributed by atoms with Gasteiger partial charge in [-0.15, -0.1) is 6.58 Å². The lowest BCUT2D eigenvalue weighted by Gasteiger charge is -2.04. The largest absolute Gasteiger partial charge is 0.476 e. The highest BCUT2D eigenvalue weighted by atomic mass is 79.9. The first kappa shape index (κ1) is 12.6. The smallest absolute Gasteiger partial charge is 0.356 e. The van der Waals surface area contributed by atoms with Crippen molar-refractivity contribution in [1.29, 1.82) is 0 Å². The summed E-state index contributed by atoms with van der Waals surface area (Å²) in [5, 5.41) is 13.0. The lowest BCUT2D eigenvalue weighted by atomic mass is 10.1. The van der Waals surface area contributed by atoms with E-state index in [1.165, 1.54) is 0 Å². The minimum atomic E-state index is -1.03. The molecule has 0 fully saturated rings. The molecule has 0 aliphatic rings. The Kier molecular flexibility index (Phi) is 3.62. The number of rotatable bonds is 4. The Morgan fingerprint density at radius 1 is 1.44 bits per heavy atom. The molecule has 1 aromatic carbocycles. The minimum Gasteiger partial charge on any atom is -0.476 e. The van der Waals surface area contributed by atoms with Crippen LogP contribution >= 0.6 is 15.9 Å². The maximum absolute atomic E-state index is 10.9. The fraction of sp³-hybridized carbons (Fsp3) is 0.0769. The number of hydrogen-bond donors (Lipinski definition) is 1. The zero-order chi connectivity index (χ0) is 13.1. The van der Waals surface area contributed by atoms with E-state index in [1.807, 2.05) is 24.3 Å². The van der Waals surface area contributed by atoms with Gasteiger partial charge in [0.15, 0.2) is 5.69 Å². The van der Waals surface area contributed by atoms with Gasteiger partial charge < -0.3 is 5.11 Å². The Hall–Kier alpha value is -1.88. The Morgan fingerprint density at radius 3 is 2.67 bits per heavy atom. The molecular formula is C13H11BrN2O2.